The Hall–Kier alpha value is -2.93. The molecule has 1 heterocycles. The summed E-state index contributed by atoms with van der Waals surface area (Å²) in [5, 5.41) is 17.5. The van der Waals surface area contributed by atoms with Crippen LogP contribution in [0.3, 0.4) is 0 Å². The largest absolute Gasteiger partial charge is 0.211 e. The summed E-state index contributed by atoms with van der Waals surface area (Å²) in [7, 11) is 0. The number of hydrogen-bond donors (Lipinski definition) is 0. The number of aryl methyl sites for hydroxylation is 1. The standard InChI is InChI=1S/C19H18N4/c1-13(2)15-8-10-17(11-9-15)23-19(18(12-20)21-22-23)16-6-4-14(3)5-7-16/h4-11,13H,1-3H3. The quantitative estimate of drug-likeness (QED) is 0.727. The number of nitriles is 1. The highest BCUT2D eigenvalue weighted by Gasteiger charge is 2.16. The molecule has 0 N–H and O–H groups in total. The van der Waals surface area contributed by atoms with Crippen molar-refractivity contribution in [2.45, 2.75) is 26.7 Å². The second-order valence-corrected chi connectivity index (χ2v) is 5.92. The number of rotatable bonds is 3. The lowest BCUT2D eigenvalue weighted by molar-refractivity contribution is 0.803. The van der Waals surface area contributed by atoms with E-state index in [-0.39, 0.29) is 0 Å². The molecule has 23 heavy (non-hydrogen) atoms. The lowest BCUT2D eigenvalue weighted by Gasteiger charge is -2.09. The molecule has 0 aliphatic rings. The van der Waals surface area contributed by atoms with Gasteiger partial charge in [0.15, 0.2) is 5.69 Å². The van der Waals surface area contributed by atoms with Gasteiger partial charge in [-0.05, 0) is 30.5 Å². The molecule has 0 aliphatic carbocycles. The summed E-state index contributed by atoms with van der Waals surface area (Å²) in [4.78, 5) is 0. The zero-order chi connectivity index (χ0) is 16.4. The van der Waals surface area contributed by atoms with Gasteiger partial charge >= 0.3 is 0 Å². The van der Waals surface area contributed by atoms with Gasteiger partial charge in [-0.2, -0.15) is 5.26 Å². The zero-order valence-corrected chi connectivity index (χ0v) is 13.5. The molecule has 0 bridgehead atoms. The van der Waals surface area contributed by atoms with Gasteiger partial charge in [0.25, 0.3) is 0 Å². The minimum absolute atomic E-state index is 0.335. The van der Waals surface area contributed by atoms with Crippen molar-refractivity contribution in [2.75, 3.05) is 0 Å². The van der Waals surface area contributed by atoms with Crippen LogP contribution >= 0.6 is 0 Å². The monoisotopic (exact) mass is 302 g/mol. The van der Waals surface area contributed by atoms with Crippen molar-refractivity contribution < 1.29 is 0 Å². The molecule has 114 valence electrons. The maximum absolute atomic E-state index is 9.35. The van der Waals surface area contributed by atoms with E-state index in [4.69, 9.17) is 0 Å². The Morgan fingerprint density at radius 1 is 1.00 bits per heavy atom. The first-order valence-electron chi connectivity index (χ1n) is 7.63. The predicted molar refractivity (Wildman–Crippen MR) is 90.3 cm³/mol. The summed E-state index contributed by atoms with van der Waals surface area (Å²) in [6, 6.07) is 18.4. The summed E-state index contributed by atoms with van der Waals surface area (Å²) in [6.45, 7) is 6.36. The van der Waals surface area contributed by atoms with E-state index in [9.17, 15) is 5.26 Å². The Labute approximate surface area is 136 Å². The molecule has 0 unspecified atom stereocenters. The smallest absolute Gasteiger partial charge is 0.191 e. The van der Waals surface area contributed by atoms with E-state index in [1.807, 2.05) is 43.3 Å². The number of hydrogen-bond acceptors (Lipinski definition) is 3. The van der Waals surface area contributed by atoms with Crippen LogP contribution in [-0.4, -0.2) is 15.0 Å². The molecule has 0 atom stereocenters. The molecule has 0 fully saturated rings. The molecule has 0 saturated carbocycles. The molecular formula is C19H18N4. The van der Waals surface area contributed by atoms with Crippen LogP contribution in [0.25, 0.3) is 16.9 Å². The first-order valence-corrected chi connectivity index (χ1v) is 7.63. The average Bonchev–Trinajstić information content (AvgIpc) is 2.99. The molecule has 3 rings (SSSR count). The van der Waals surface area contributed by atoms with Crippen LogP contribution in [0, 0.1) is 18.3 Å². The molecular weight excluding hydrogens is 284 g/mol. The normalized spacial score (nSPS) is 10.7. The van der Waals surface area contributed by atoms with Crippen LogP contribution in [-0.2, 0) is 0 Å². The van der Waals surface area contributed by atoms with E-state index in [0.29, 0.717) is 11.6 Å². The minimum atomic E-state index is 0.335. The number of aromatic nitrogens is 3. The molecule has 0 aliphatic heterocycles. The first kappa shape index (κ1) is 15.0. The van der Waals surface area contributed by atoms with Crippen LogP contribution < -0.4 is 0 Å². The average molecular weight is 302 g/mol. The van der Waals surface area contributed by atoms with Crippen molar-refractivity contribution in [3.8, 4) is 23.0 Å². The van der Waals surface area contributed by atoms with Gasteiger partial charge in [-0.3, -0.25) is 0 Å². The molecule has 0 spiro atoms. The Bertz CT molecular complexity index is 850. The van der Waals surface area contributed by atoms with Gasteiger partial charge in [-0.1, -0.05) is 61.0 Å². The fourth-order valence-corrected chi connectivity index (χ4v) is 2.51. The van der Waals surface area contributed by atoms with Crippen LogP contribution in [0.4, 0.5) is 0 Å². The first-order chi connectivity index (χ1) is 11.1. The van der Waals surface area contributed by atoms with Crippen LogP contribution in [0.1, 0.15) is 36.6 Å². The lowest BCUT2D eigenvalue weighted by atomic mass is 10.0. The molecule has 0 radical (unpaired) electrons. The van der Waals surface area contributed by atoms with E-state index in [1.54, 1.807) is 4.68 Å². The third-order valence-corrected chi connectivity index (χ3v) is 3.91. The third kappa shape index (κ3) is 2.86. The Morgan fingerprint density at radius 3 is 2.22 bits per heavy atom. The van der Waals surface area contributed by atoms with Gasteiger partial charge < -0.3 is 0 Å². The number of nitrogens with zero attached hydrogens (tertiary/aromatic N) is 4. The molecule has 4 heteroatoms. The van der Waals surface area contributed by atoms with Gasteiger partial charge in [0, 0.05) is 5.56 Å². The summed E-state index contributed by atoms with van der Waals surface area (Å²) < 4.78 is 1.73. The lowest BCUT2D eigenvalue weighted by Crippen LogP contribution is -2.00. The fourth-order valence-electron chi connectivity index (χ4n) is 2.51. The molecule has 0 saturated heterocycles. The predicted octanol–water partition coefficient (Wildman–Crippen LogP) is 4.24. The third-order valence-electron chi connectivity index (χ3n) is 3.91. The second kappa shape index (κ2) is 6.05. The summed E-state index contributed by atoms with van der Waals surface area (Å²) in [5.74, 6) is 0.478. The van der Waals surface area contributed by atoms with Gasteiger partial charge in [0.2, 0.25) is 0 Å². The zero-order valence-electron chi connectivity index (χ0n) is 13.5. The van der Waals surface area contributed by atoms with Gasteiger partial charge in [-0.15, -0.1) is 5.10 Å². The minimum Gasteiger partial charge on any atom is -0.211 e. The van der Waals surface area contributed by atoms with Crippen molar-refractivity contribution in [1.29, 1.82) is 5.26 Å². The Kier molecular flexibility index (Phi) is 3.94. The molecule has 3 aromatic rings. The molecule has 1 aromatic heterocycles. The van der Waals surface area contributed by atoms with Gasteiger partial charge in [-0.25, -0.2) is 4.68 Å². The maximum Gasteiger partial charge on any atom is 0.191 e. The van der Waals surface area contributed by atoms with Crippen molar-refractivity contribution in [3.63, 3.8) is 0 Å². The highest BCUT2D eigenvalue weighted by atomic mass is 15.4. The van der Waals surface area contributed by atoms with Crippen molar-refractivity contribution >= 4 is 0 Å². The Balaban J connectivity index is 2.12. The summed E-state index contributed by atoms with van der Waals surface area (Å²) in [6.07, 6.45) is 0. The van der Waals surface area contributed by atoms with Crippen LogP contribution in [0.5, 0.6) is 0 Å². The molecule has 0 amide bonds. The van der Waals surface area contributed by atoms with E-state index in [1.165, 1.54) is 11.1 Å². The second-order valence-electron chi connectivity index (χ2n) is 5.92. The van der Waals surface area contributed by atoms with E-state index in [2.05, 4.69) is 42.4 Å². The van der Waals surface area contributed by atoms with Gasteiger partial charge in [0.1, 0.15) is 11.8 Å². The van der Waals surface area contributed by atoms with Crippen molar-refractivity contribution in [1.82, 2.24) is 15.0 Å². The van der Waals surface area contributed by atoms with E-state index < -0.39 is 0 Å². The Morgan fingerprint density at radius 2 is 1.65 bits per heavy atom. The topological polar surface area (TPSA) is 54.5 Å². The maximum atomic E-state index is 9.35. The molecule has 4 nitrogen and oxygen atoms in total. The van der Waals surface area contributed by atoms with Crippen LogP contribution in [0.15, 0.2) is 48.5 Å². The van der Waals surface area contributed by atoms with Crippen molar-refractivity contribution in [3.05, 3.63) is 65.4 Å². The fraction of sp³-hybridized carbons (Fsp3) is 0.211. The van der Waals surface area contributed by atoms with E-state index >= 15 is 0 Å². The highest BCUT2D eigenvalue weighted by molar-refractivity contribution is 5.67. The highest BCUT2D eigenvalue weighted by Crippen LogP contribution is 2.26. The summed E-state index contributed by atoms with van der Waals surface area (Å²) >= 11 is 0. The SMILES string of the molecule is Cc1ccc(-c2c(C#N)nnn2-c2ccc(C(C)C)cc2)cc1. The van der Waals surface area contributed by atoms with Crippen LogP contribution in [0.2, 0.25) is 0 Å². The van der Waals surface area contributed by atoms with Gasteiger partial charge in [0.05, 0.1) is 5.69 Å². The van der Waals surface area contributed by atoms with E-state index in [0.717, 1.165) is 16.9 Å². The summed E-state index contributed by atoms with van der Waals surface area (Å²) in [5.41, 5.74) is 5.34. The molecule has 2 aromatic carbocycles. The number of benzene rings is 2. The van der Waals surface area contributed by atoms with Crippen molar-refractivity contribution in [2.24, 2.45) is 0 Å².